The molecule has 2 N–H and O–H groups in total. The lowest BCUT2D eigenvalue weighted by Crippen LogP contribution is -2.60. The Morgan fingerprint density at radius 2 is 2.20 bits per heavy atom. The van der Waals surface area contributed by atoms with Crippen molar-refractivity contribution in [3.63, 3.8) is 0 Å². The van der Waals surface area contributed by atoms with Crippen LogP contribution in [0, 0.1) is 5.41 Å². The Labute approximate surface area is 89.9 Å². The van der Waals surface area contributed by atoms with Crippen molar-refractivity contribution in [3.8, 4) is 0 Å². The Hall–Kier alpha value is -0.610. The van der Waals surface area contributed by atoms with Crippen LogP contribution in [0.25, 0.3) is 0 Å². The van der Waals surface area contributed by atoms with Crippen molar-refractivity contribution in [2.75, 3.05) is 7.05 Å². The number of rotatable bonds is 2. The molecule has 4 nitrogen and oxygen atoms in total. The maximum Gasteiger partial charge on any atom is 0.313 e. The molecule has 0 radical (unpaired) electrons. The highest BCUT2D eigenvalue weighted by Gasteiger charge is 2.58. The Balaban J connectivity index is 2.39. The number of carboxylic acid groups (broad SMARTS) is 1. The summed E-state index contributed by atoms with van der Waals surface area (Å²) in [6, 6.07) is 0.387. The highest BCUT2D eigenvalue weighted by molar-refractivity contribution is 5.77. The fraction of sp³-hybridized carbons (Fsp3) is 0.909. The molecule has 0 aromatic rings. The van der Waals surface area contributed by atoms with Crippen molar-refractivity contribution in [3.05, 3.63) is 0 Å². The van der Waals surface area contributed by atoms with Crippen LogP contribution in [0.4, 0.5) is 0 Å². The number of carbonyl (C=O) groups is 1. The summed E-state index contributed by atoms with van der Waals surface area (Å²) >= 11 is 0. The van der Waals surface area contributed by atoms with Gasteiger partial charge in [0.05, 0.1) is 6.10 Å². The summed E-state index contributed by atoms with van der Waals surface area (Å²) in [4.78, 5) is 13.6. The van der Waals surface area contributed by atoms with E-state index in [9.17, 15) is 15.0 Å². The molecule has 0 aromatic heterocycles. The summed E-state index contributed by atoms with van der Waals surface area (Å²) < 4.78 is 0. The Morgan fingerprint density at radius 1 is 1.53 bits per heavy atom. The molecule has 2 rings (SSSR count). The van der Waals surface area contributed by atoms with Gasteiger partial charge in [0.25, 0.3) is 0 Å². The van der Waals surface area contributed by atoms with E-state index in [4.69, 9.17) is 0 Å². The van der Waals surface area contributed by atoms with Gasteiger partial charge in [0.2, 0.25) is 0 Å². The van der Waals surface area contributed by atoms with Gasteiger partial charge in [0.1, 0.15) is 5.41 Å². The zero-order valence-corrected chi connectivity index (χ0v) is 9.31. The molecule has 0 saturated carbocycles. The van der Waals surface area contributed by atoms with Crippen LogP contribution in [0.1, 0.15) is 32.6 Å². The number of aliphatic hydroxyl groups excluding tert-OH is 1. The standard InChI is InChI=1S/C11H19NO3/c1-3-11(10(14)15)8-5-4-7(12(8)2)6-9(11)13/h7-9,13H,3-6H2,1-2H3,(H,14,15)/t7-,8+,9-,11+/m0/s1. The van der Waals surface area contributed by atoms with E-state index in [1.54, 1.807) is 0 Å². The molecule has 0 unspecified atom stereocenters. The largest absolute Gasteiger partial charge is 0.481 e. The molecule has 2 aliphatic rings. The minimum absolute atomic E-state index is 0.00810. The second-order valence-electron chi connectivity index (χ2n) is 4.86. The lowest BCUT2D eigenvalue weighted by atomic mass is 9.70. The summed E-state index contributed by atoms with van der Waals surface area (Å²) in [7, 11) is 1.99. The van der Waals surface area contributed by atoms with E-state index in [1.165, 1.54) is 0 Å². The SMILES string of the molecule is CC[C@]1(C(=O)O)[C@@H](O)C[C@@H]2CC[C@H]1N2C. The van der Waals surface area contributed by atoms with Gasteiger partial charge >= 0.3 is 5.97 Å². The third-order valence-corrected chi connectivity index (χ3v) is 4.51. The van der Waals surface area contributed by atoms with Gasteiger partial charge in [0.15, 0.2) is 0 Å². The molecule has 0 aromatic carbocycles. The molecule has 4 atom stereocenters. The minimum atomic E-state index is -0.943. The quantitative estimate of drug-likeness (QED) is 0.708. The van der Waals surface area contributed by atoms with E-state index in [1.807, 2.05) is 14.0 Å². The molecule has 0 aliphatic carbocycles. The van der Waals surface area contributed by atoms with Crippen molar-refractivity contribution in [1.82, 2.24) is 4.90 Å². The number of aliphatic hydroxyl groups is 1. The van der Waals surface area contributed by atoms with E-state index in [0.717, 1.165) is 12.8 Å². The number of hydrogen-bond donors (Lipinski definition) is 2. The predicted molar refractivity (Wildman–Crippen MR) is 55.6 cm³/mol. The average Bonchev–Trinajstić information content (AvgIpc) is 2.47. The van der Waals surface area contributed by atoms with Gasteiger partial charge in [0, 0.05) is 12.1 Å². The highest BCUT2D eigenvalue weighted by atomic mass is 16.4. The Kier molecular flexibility index (Phi) is 2.51. The normalized spacial score (nSPS) is 45.7. The van der Waals surface area contributed by atoms with Crippen molar-refractivity contribution < 1.29 is 15.0 Å². The summed E-state index contributed by atoms with van der Waals surface area (Å²) in [6.45, 7) is 1.86. The van der Waals surface area contributed by atoms with Gasteiger partial charge in [-0.15, -0.1) is 0 Å². The van der Waals surface area contributed by atoms with Gasteiger partial charge in [-0.2, -0.15) is 0 Å². The van der Waals surface area contributed by atoms with Crippen LogP contribution in [-0.4, -0.2) is 46.3 Å². The van der Waals surface area contributed by atoms with Crippen LogP contribution >= 0.6 is 0 Å². The fourth-order valence-electron chi connectivity index (χ4n) is 3.51. The van der Waals surface area contributed by atoms with Crippen LogP contribution in [0.3, 0.4) is 0 Å². The van der Waals surface area contributed by atoms with E-state index in [0.29, 0.717) is 18.9 Å². The first kappa shape index (κ1) is 10.9. The van der Waals surface area contributed by atoms with Crippen molar-refractivity contribution >= 4 is 5.97 Å². The van der Waals surface area contributed by atoms with Gasteiger partial charge in [-0.25, -0.2) is 0 Å². The molecule has 2 saturated heterocycles. The van der Waals surface area contributed by atoms with Gasteiger partial charge in [-0.1, -0.05) is 6.92 Å². The first-order chi connectivity index (χ1) is 7.04. The van der Waals surface area contributed by atoms with Crippen LogP contribution in [0.15, 0.2) is 0 Å². The number of aliphatic carboxylic acids is 1. The molecule has 2 heterocycles. The van der Waals surface area contributed by atoms with E-state index in [2.05, 4.69) is 4.90 Å². The van der Waals surface area contributed by atoms with Gasteiger partial charge in [-0.05, 0) is 32.7 Å². The van der Waals surface area contributed by atoms with E-state index < -0.39 is 17.5 Å². The second-order valence-corrected chi connectivity index (χ2v) is 4.86. The smallest absolute Gasteiger partial charge is 0.313 e. The van der Waals surface area contributed by atoms with Crippen molar-refractivity contribution in [2.45, 2.75) is 50.8 Å². The third-order valence-electron chi connectivity index (χ3n) is 4.51. The molecule has 15 heavy (non-hydrogen) atoms. The summed E-state index contributed by atoms with van der Waals surface area (Å²) in [5.41, 5.74) is -0.943. The molecular weight excluding hydrogens is 194 g/mol. The highest BCUT2D eigenvalue weighted by Crippen LogP contribution is 2.48. The number of fused-ring (bicyclic) bond motifs is 2. The molecule has 2 bridgehead atoms. The zero-order chi connectivity index (χ0) is 11.2. The van der Waals surface area contributed by atoms with Crippen molar-refractivity contribution in [1.29, 1.82) is 0 Å². The van der Waals surface area contributed by atoms with Crippen LogP contribution in [-0.2, 0) is 4.79 Å². The lowest BCUT2D eigenvalue weighted by molar-refractivity contribution is -0.170. The molecule has 86 valence electrons. The third kappa shape index (κ3) is 1.24. The Bertz CT molecular complexity index is 281. The maximum atomic E-state index is 11.5. The second kappa shape index (κ2) is 3.46. The maximum absolute atomic E-state index is 11.5. The molecular formula is C11H19NO3. The number of piperidine rings is 1. The molecule has 2 fully saturated rings. The van der Waals surface area contributed by atoms with Crippen LogP contribution < -0.4 is 0 Å². The zero-order valence-electron chi connectivity index (χ0n) is 9.31. The molecule has 4 heteroatoms. The summed E-state index contributed by atoms with van der Waals surface area (Å²) in [6.07, 6.45) is 2.35. The van der Waals surface area contributed by atoms with Gasteiger partial charge < -0.3 is 10.2 Å². The van der Waals surface area contributed by atoms with Crippen LogP contribution in [0.5, 0.6) is 0 Å². The first-order valence-electron chi connectivity index (χ1n) is 5.67. The number of hydrogen-bond acceptors (Lipinski definition) is 3. The summed E-state index contributed by atoms with van der Waals surface area (Å²) in [5.74, 6) is -0.838. The topological polar surface area (TPSA) is 60.8 Å². The van der Waals surface area contributed by atoms with Gasteiger partial charge in [-0.3, -0.25) is 9.69 Å². The van der Waals surface area contributed by atoms with E-state index >= 15 is 0 Å². The number of carboxylic acids is 1. The first-order valence-corrected chi connectivity index (χ1v) is 5.67. The minimum Gasteiger partial charge on any atom is -0.481 e. The fourth-order valence-corrected chi connectivity index (χ4v) is 3.51. The Morgan fingerprint density at radius 3 is 2.73 bits per heavy atom. The van der Waals surface area contributed by atoms with E-state index in [-0.39, 0.29) is 6.04 Å². The lowest BCUT2D eigenvalue weighted by Gasteiger charge is -2.47. The van der Waals surface area contributed by atoms with Crippen molar-refractivity contribution in [2.24, 2.45) is 5.41 Å². The molecule has 2 aliphatic heterocycles. The number of nitrogens with zero attached hydrogens (tertiary/aromatic N) is 1. The van der Waals surface area contributed by atoms with Crippen LogP contribution in [0.2, 0.25) is 0 Å². The summed E-state index contributed by atoms with van der Waals surface area (Å²) in [5, 5.41) is 19.5. The molecule has 0 spiro atoms. The average molecular weight is 213 g/mol. The molecule has 0 amide bonds. The predicted octanol–water partition coefficient (Wildman–Crippen LogP) is 0.695. The monoisotopic (exact) mass is 213 g/mol.